The number of pyridine rings is 2. The summed E-state index contributed by atoms with van der Waals surface area (Å²) in [7, 11) is 0. The number of fused-ring (bicyclic) bond motifs is 3. The van der Waals surface area contributed by atoms with Crippen LogP contribution in [0.15, 0.2) is 41.3 Å². The average Bonchev–Trinajstić information content (AvgIpc) is 3.13. The summed E-state index contributed by atoms with van der Waals surface area (Å²) in [6.45, 7) is 5.70. The molecular weight excluding hydrogens is 411 g/mol. The molecule has 0 unspecified atom stereocenters. The van der Waals surface area contributed by atoms with Gasteiger partial charge in [-0.1, -0.05) is 32.4 Å². The Labute approximate surface area is 175 Å². The molecular formula is C20H18ClFN6O2. The van der Waals surface area contributed by atoms with E-state index >= 15 is 0 Å². The largest absolute Gasteiger partial charge is 0.309 e. The van der Waals surface area contributed by atoms with Gasteiger partial charge in [-0.2, -0.15) is 9.61 Å². The van der Waals surface area contributed by atoms with Gasteiger partial charge < -0.3 is 5.32 Å². The van der Waals surface area contributed by atoms with E-state index < -0.39 is 17.3 Å². The van der Waals surface area contributed by atoms with Crippen molar-refractivity contribution in [2.75, 3.05) is 5.32 Å². The Kier molecular flexibility index (Phi) is 4.77. The number of carbonyl (C=O) groups excluding carboxylic acids is 1. The lowest BCUT2D eigenvalue weighted by Crippen LogP contribution is -2.29. The fourth-order valence-electron chi connectivity index (χ4n) is 3.02. The molecule has 8 nitrogen and oxygen atoms in total. The Balaban J connectivity index is 1.85. The van der Waals surface area contributed by atoms with E-state index in [9.17, 15) is 14.0 Å². The molecule has 0 atom stereocenters. The molecule has 1 N–H and O–H groups in total. The van der Waals surface area contributed by atoms with Gasteiger partial charge in [-0.05, 0) is 24.3 Å². The monoisotopic (exact) mass is 428 g/mol. The molecule has 4 heterocycles. The third-order valence-corrected chi connectivity index (χ3v) is 4.76. The molecule has 0 fully saturated rings. The highest BCUT2D eigenvalue weighted by Gasteiger charge is 2.22. The topological polar surface area (TPSA) is 94.2 Å². The van der Waals surface area contributed by atoms with E-state index in [-0.39, 0.29) is 28.3 Å². The van der Waals surface area contributed by atoms with Crippen LogP contribution in [0.4, 0.5) is 10.2 Å². The number of nitrogens with zero attached hydrogens (tertiary/aromatic N) is 5. The van der Waals surface area contributed by atoms with Crippen LogP contribution in [0.25, 0.3) is 16.7 Å². The van der Waals surface area contributed by atoms with E-state index in [0.717, 1.165) is 11.9 Å². The number of aromatic nitrogens is 5. The summed E-state index contributed by atoms with van der Waals surface area (Å²) in [5, 5.41) is 7.68. The van der Waals surface area contributed by atoms with E-state index in [1.165, 1.54) is 27.3 Å². The zero-order chi connectivity index (χ0) is 21.6. The van der Waals surface area contributed by atoms with Crippen molar-refractivity contribution in [3.63, 3.8) is 0 Å². The molecule has 0 bridgehead atoms. The summed E-state index contributed by atoms with van der Waals surface area (Å²) in [4.78, 5) is 33.8. The van der Waals surface area contributed by atoms with Crippen LogP contribution >= 0.6 is 11.6 Å². The van der Waals surface area contributed by atoms with Gasteiger partial charge in [0, 0.05) is 11.5 Å². The van der Waals surface area contributed by atoms with Crippen LogP contribution in [0.1, 0.15) is 26.5 Å². The van der Waals surface area contributed by atoms with E-state index in [0.29, 0.717) is 11.3 Å². The average molecular weight is 429 g/mol. The van der Waals surface area contributed by atoms with Crippen molar-refractivity contribution in [2.45, 2.75) is 32.7 Å². The third-order valence-electron chi connectivity index (χ3n) is 4.55. The fourth-order valence-corrected chi connectivity index (χ4v) is 3.16. The lowest BCUT2D eigenvalue weighted by atomic mass is 9.93. The van der Waals surface area contributed by atoms with Gasteiger partial charge in [-0.15, -0.1) is 0 Å². The minimum Gasteiger partial charge on any atom is -0.309 e. The highest BCUT2D eigenvalue weighted by atomic mass is 35.5. The lowest BCUT2D eigenvalue weighted by Gasteiger charge is -2.13. The van der Waals surface area contributed by atoms with E-state index in [2.05, 4.69) is 20.4 Å². The van der Waals surface area contributed by atoms with Crippen molar-refractivity contribution in [1.29, 1.82) is 0 Å². The number of amides is 1. The first-order chi connectivity index (χ1) is 14.1. The molecule has 4 rings (SSSR count). The first-order valence-corrected chi connectivity index (χ1v) is 9.52. The van der Waals surface area contributed by atoms with Crippen LogP contribution < -0.4 is 10.9 Å². The smallest absolute Gasteiger partial charge is 0.263 e. The van der Waals surface area contributed by atoms with Crippen molar-refractivity contribution in [3.8, 4) is 0 Å². The molecule has 0 aromatic carbocycles. The second-order valence-corrected chi connectivity index (χ2v) is 8.24. The Bertz CT molecular complexity index is 1340. The molecule has 0 saturated carbocycles. The highest BCUT2D eigenvalue weighted by Crippen LogP contribution is 2.24. The summed E-state index contributed by atoms with van der Waals surface area (Å²) in [5.41, 5.74) is 0.761. The molecule has 4 aromatic rings. The van der Waals surface area contributed by atoms with Crippen LogP contribution in [-0.2, 0) is 16.8 Å². The van der Waals surface area contributed by atoms with Crippen LogP contribution in [0.5, 0.6) is 0 Å². The van der Waals surface area contributed by atoms with Crippen LogP contribution in [0.3, 0.4) is 0 Å². The molecule has 0 saturated heterocycles. The number of carbonyl (C=O) groups is 1. The standard InChI is InChI=1S/C20H18ClFN6O2/c1-20(2,3)13-8-17-27(10-16(29)25-15-7-4-11(22)9-23-15)19(30)12-5-6-14(21)24-18(12)28(17)26-13/h4-9H,10H2,1-3H3,(H,23,25,29). The molecule has 4 aromatic heterocycles. The molecule has 0 aliphatic rings. The molecule has 154 valence electrons. The maximum atomic E-state index is 13.1. The zero-order valence-electron chi connectivity index (χ0n) is 16.5. The van der Waals surface area contributed by atoms with Gasteiger partial charge in [0.1, 0.15) is 29.0 Å². The quantitative estimate of drug-likeness (QED) is 0.506. The predicted octanol–water partition coefficient (Wildman–Crippen LogP) is 3.17. The Morgan fingerprint density at radius 3 is 2.67 bits per heavy atom. The van der Waals surface area contributed by atoms with Crippen LogP contribution in [0, 0.1) is 5.82 Å². The minimum atomic E-state index is -0.513. The molecule has 0 spiro atoms. The molecule has 30 heavy (non-hydrogen) atoms. The number of rotatable bonds is 3. The second kappa shape index (κ2) is 7.17. The summed E-state index contributed by atoms with van der Waals surface area (Å²) >= 11 is 6.03. The molecule has 0 radical (unpaired) electrons. The SMILES string of the molecule is CC(C)(C)c1cc2n(CC(=O)Nc3ccc(F)cn3)c(=O)c3ccc(Cl)nc3n2n1. The predicted molar refractivity (Wildman–Crippen MR) is 111 cm³/mol. The zero-order valence-corrected chi connectivity index (χ0v) is 17.2. The maximum absolute atomic E-state index is 13.1. The minimum absolute atomic E-state index is 0.184. The Hall–Kier alpha value is -3.33. The van der Waals surface area contributed by atoms with E-state index in [1.54, 1.807) is 12.1 Å². The third kappa shape index (κ3) is 3.63. The highest BCUT2D eigenvalue weighted by molar-refractivity contribution is 6.29. The first kappa shape index (κ1) is 20.0. The van der Waals surface area contributed by atoms with Crippen molar-refractivity contribution < 1.29 is 9.18 Å². The normalized spacial score (nSPS) is 11.9. The number of anilines is 1. The van der Waals surface area contributed by atoms with Gasteiger partial charge in [0.25, 0.3) is 5.56 Å². The van der Waals surface area contributed by atoms with Gasteiger partial charge in [-0.3, -0.25) is 14.2 Å². The van der Waals surface area contributed by atoms with E-state index in [1.807, 2.05) is 20.8 Å². The maximum Gasteiger partial charge on any atom is 0.263 e. The fraction of sp³-hybridized carbons (Fsp3) is 0.250. The summed E-state index contributed by atoms with van der Waals surface area (Å²) in [6.07, 6.45) is 0.998. The van der Waals surface area contributed by atoms with Gasteiger partial charge in [-0.25, -0.2) is 14.4 Å². The van der Waals surface area contributed by atoms with Crippen LogP contribution in [0.2, 0.25) is 5.15 Å². The van der Waals surface area contributed by atoms with Gasteiger partial charge in [0.2, 0.25) is 5.91 Å². The van der Waals surface area contributed by atoms with Crippen molar-refractivity contribution >= 4 is 40.0 Å². The molecule has 1 amide bonds. The lowest BCUT2D eigenvalue weighted by molar-refractivity contribution is -0.116. The van der Waals surface area contributed by atoms with Gasteiger partial charge in [0.15, 0.2) is 5.65 Å². The number of halogens is 2. The molecule has 10 heteroatoms. The molecule has 0 aliphatic heterocycles. The van der Waals surface area contributed by atoms with Gasteiger partial charge >= 0.3 is 0 Å². The van der Waals surface area contributed by atoms with Crippen LogP contribution in [-0.4, -0.2) is 30.1 Å². The summed E-state index contributed by atoms with van der Waals surface area (Å²) < 4.78 is 15.9. The Morgan fingerprint density at radius 2 is 2.00 bits per heavy atom. The number of hydrogen-bond acceptors (Lipinski definition) is 5. The summed E-state index contributed by atoms with van der Waals surface area (Å²) in [6, 6.07) is 7.35. The second-order valence-electron chi connectivity index (χ2n) is 7.86. The number of hydrogen-bond donors (Lipinski definition) is 1. The van der Waals surface area contributed by atoms with E-state index in [4.69, 9.17) is 11.6 Å². The number of nitrogens with one attached hydrogen (secondary N) is 1. The van der Waals surface area contributed by atoms with Crippen molar-refractivity contribution in [3.05, 3.63) is 63.5 Å². The molecule has 0 aliphatic carbocycles. The summed E-state index contributed by atoms with van der Waals surface area (Å²) in [5.74, 6) is -0.818. The van der Waals surface area contributed by atoms with Crippen molar-refractivity contribution in [1.82, 2.24) is 24.1 Å². The van der Waals surface area contributed by atoms with Gasteiger partial charge in [0.05, 0.1) is 17.3 Å². The first-order valence-electron chi connectivity index (χ1n) is 9.14. The Morgan fingerprint density at radius 1 is 1.23 bits per heavy atom. The van der Waals surface area contributed by atoms with Crippen molar-refractivity contribution in [2.24, 2.45) is 0 Å².